The number of ketones is 1. The molecular weight excluding hydrogens is 263 g/mol. The van der Waals surface area contributed by atoms with Gasteiger partial charge in [-0.15, -0.1) is 11.3 Å². The van der Waals surface area contributed by atoms with Crippen molar-refractivity contribution in [1.29, 1.82) is 0 Å². The normalized spacial score (nSPS) is 10.4. The zero-order chi connectivity index (χ0) is 11.7. The third kappa shape index (κ3) is 2.29. The summed E-state index contributed by atoms with van der Waals surface area (Å²) in [7, 11) is 0. The van der Waals surface area contributed by atoms with E-state index in [1.165, 1.54) is 11.3 Å². The Kier molecular flexibility index (Phi) is 3.33. The average Bonchev–Trinajstić information content (AvgIpc) is 2.68. The van der Waals surface area contributed by atoms with Gasteiger partial charge in [0.15, 0.2) is 0 Å². The van der Waals surface area contributed by atoms with Crippen LogP contribution in [0.5, 0.6) is 0 Å². The molecule has 0 amide bonds. The highest BCUT2D eigenvalue weighted by molar-refractivity contribution is 7.18. The molecule has 0 aliphatic carbocycles. The summed E-state index contributed by atoms with van der Waals surface area (Å²) in [6.45, 7) is 1.90. The van der Waals surface area contributed by atoms with Crippen molar-refractivity contribution in [1.82, 2.24) is 0 Å². The van der Waals surface area contributed by atoms with Crippen molar-refractivity contribution < 1.29 is 4.79 Å². The Morgan fingerprint density at radius 2 is 1.94 bits per heavy atom. The summed E-state index contributed by atoms with van der Waals surface area (Å²) in [5.41, 5.74) is 1.55. The highest BCUT2D eigenvalue weighted by Gasteiger charge is 2.12. The summed E-state index contributed by atoms with van der Waals surface area (Å²) in [6, 6.07) is 8.74. The summed E-state index contributed by atoms with van der Waals surface area (Å²) in [5, 5.41) is 0.605. The maximum atomic E-state index is 12.0. The highest BCUT2D eigenvalue weighted by Crippen LogP contribution is 2.25. The maximum Gasteiger partial charge on any atom is 0.203 e. The van der Waals surface area contributed by atoms with E-state index in [-0.39, 0.29) is 5.78 Å². The third-order valence-corrected chi connectivity index (χ3v) is 3.87. The molecule has 1 aromatic heterocycles. The number of hydrogen-bond acceptors (Lipinski definition) is 2. The van der Waals surface area contributed by atoms with Gasteiger partial charge >= 0.3 is 0 Å². The number of thiophene rings is 1. The van der Waals surface area contributed by atoms with Gasteiger partial charge in [0, 0.05) is 10.6 Å². The van der Waals surface area contributed by atoms with Crippen LogP contribution in [0.1, 0.15) is 20.8 Å². The fourth-order valence-electron chi connectivity index (χ4n) is 1.31. The smallest absolute Gasteiger partial charge is 0.203 e. The van der Waals surface area contributed by atoms with E-state index >= 15 is 0 Å². The van der Waals surface area contributed by atoms with Gasteiger partial charge in [0.05, 0.1) is 9.21 Å². The number of carbonyl (C=O) groups is 1. The van der Waals surface area contributed by atoms with Gasteiger partial charge in [0.1, 0.15) is 0 Å². The van der Waals surface area contributed by atoms with E-state index in [9.17, 15) is 4.79 Å². The van der Waals surface area contributed by atoms with Crippen LogP contribution in [0.15, 0.2) is 30.3 Å². The Hall–Kier alpha value is -0.830. The zero-order valence-electron chi connectivity index (χ0n) is 8.46. The van der Waals surface area contributed by atoms with E-state index in [4.69, 9.17) is 23.2 Å². The molecule has 0 spiro atoms. The fraction of sp³-hybridized carbons (Fsp3) is 0.0833. The minimum atomic E-state index is -0.0428. The van der Waals surface area contributed by atoms with Crippen molar-refractivity contribution in [2.75, 3.05) is 0 Å². The number of aryl methyl sites for hydroxylation is 1. The molecule has 0 unspecified atom stereocenters. The minimum Gasteiger partial charge on any atom is -0.288 e. The zero-order valence-corrected chi connectivity index (χ0v) is 10.8. The second-order valence-electron chi connectivity index (χ2n) is 3.40. The van der Waals surface area contributed by atoms with Crippen LogP contribution in [0.25, 0.3) is 0 Å². The number of benzene rings is 1. The second-order valence-corrected chi connectivity index (χ2v) is 5.52. The summed E-state index contributed by atoms with van der Waals surface area (Å²) in [5.74, 6) is -0.0428. The van der Waals surface area contributed by atoms with Gasteiger partial charge in [-0.1, -0.05) is 35.3 Å². The van der Waals surface area contributed by atoms with Crippen LogP contribution in [0.3, 0.4) is 0 Å². The molecule has 1 heterocycles. The molecule has 2 rings (SSSR count). The van der Waals surface area contributed by atoms with Crippen molar-refractivity contribution in [2.45, 2.75) is 6.92 Å². The van der Waals surface area contributed by atoms with Gasteiger partial charge in [-0.05, 0) is 30.7 Å². The fourth-order valence-corrected chi connectivity index (χ4v) is 2.50. The monoisotopic (exact) mass is 270 g/mol. The topological polar surface area (TPSA) is 17.1 Å². The first-order valence-corrected chi connectivity index (χ1v) is 6.21. The van der Waals surface area contributed by atoms with E-state index in [1.54, 1.807) is 24.3 Å². The molecule has 0 atom stereocenters. The molecule has 82 valence electrons. The molecule has 2 aromatic rings. The Balaban J connectivity index is 2.38. The molecule has 0 saturated heterocycles. The quantitative estimate of drug-likeness (QED) is 0.730. The maximum absolute atomic E-state index is 12.0. The predicted octanol–water partition coefficient (Wildman–Crippen LogP) is 4.59. The van der Waals surface area contributed by atoms with Crippen LogP contribution in [0.4, 0.5) is 0 Å². The SMILES string of the molecule is Cc1ccc(C(=O)c2ccc(Cl)s2)cc1Cl. The predicted molar refractivity (Wildman–Crippen MR) is 69.0 cm³/mol. The van der Waals surface area contributed by atoms with Crippen LogP contribution in [-0.2, 0) is 0 Å². The molecule has 4 heteroatoms. The molecule has 16 heavy (non-hydrogen) atoms. The number of carbonyl (C=O) groups excluding carboxylic acids is 1. The van der Waals surface area contributed by atoms with Crippen molar-refractivity contribution >= 4 is 40.3 Å². The lowest BCUT2D eigenvalue weighted by atomic mass is 10.1. The van der Waals surface area contributed by atoms with E-state index < -0.39 is 0 Å². The number of hydrogen-bond donors (Lipinski definition) is 0. The van der Waals surface area contributed by atoms with E-state index in [2.05, 4.69) is 0 Å². The Bertz CT molecular complexity index is 546. The lowest BCUT2D eigenvalue weighted by Crippen LogP contribution is -1.98. The lowest BCUT2D eigenvalue weighted by Gasteiger charge is -2.01. The standard InChI is InChI=1S/C12H8Cl2OS/c1-7-2-3-8(6-9(7)13)12(15)10-4-5-11(14)16-10/h2-6H,1H3. The van der Waals surface area contributed by atoms with Gasteiger partial charge < -0.3 is 0 Å². The van der Waals surface area contributed by atoms with Crippen molar-refractivity contribution in [3.8, 4) is 0 Å². The van der Waals surface area contributed by atoms with Gasteiger partial charge in [0.2, 0.25) is 5.78 Å². The molecular formula is C12H8Cl2OS. The minimum absolute atomic E-state index is 0.0428. The molecule has 0 aliphatic heterocycles. The molecule has 1 nitrogen and oxygen atoms in total. The summed E-state index contributed by atoms with van der Waals surface area (Å²) in [4.78, 5) is 12.6. The van der Waals surface area contributed by atoms with Gasteiger partial charge in [-0.2, -0.15) is 0 Å². The van der Waals surface area contributed by atoms with Gasteiger partial charge in [-0.25, -0.2) is 0 Å². The first-order chi connectivity index (χ1) is 7.58. The first-order valence-electron chi connectivity index (χ1n) is 4.64. The van der Waals surface area contributed by atoms with E-state index in [0.717, 1.165) is 5.56 Å². The summed E-state index contributed by atoms with van der Waals surface area (Å²) < 4.78 is 0.613. The van der Waals surface area contributed by atoms with E-state index in [1.807, 2.05) is 13.0 Å². The number of halogens is 2. The van der Waals surface area contributed by atoms with Crippen LogP contribution in [0, 0.1) is 6.92 Å². The third-order valence-electron chi connectivity index (χ3n) is 2.23. The molecule has 1 aromatic carbocycles. The second kappa shape index (κ2) is 4.58. The molecule has 0 radical (unpaired) electrons. The van der Waals surface area contributed by atoms with Gasteiger partial charge in [0.25, 0.3) is 0 Å². The van der Waals surface area contributed by atoms with Crippen LogP contribution >= 0.6 is 34.5 Å². The van der Waals surface area contributed by atoms with Crippen molar-refractivity contribution in [3.05, 3.63) is 55.7 Å². The first kappa shape index (κ1) is 11.6. The largest absolute Gasteiger partial charge is 0.288 e. The van der Waals surface area contributed by atoms with Crippen LogP contribution in [-0.4, -0.2) is 5.78 Å². The van der Waals surface area contributed by atoms with Crippen LogP contribution in [0.2, 0.25) is 9.36 Å². The van der Waals surface area contributed by atoms with Crippen LogP contribution < -0.4 is 0 Å². The lowest BCUT2D eigenvalue weighted by molar-refractivity contribution is 0.104. The number of rotatable bonds is 2. The van der Waals surface area contributed by atoms with Crippen molar-refractivity contribution in [2.24, 2.45) is 0 Å². The van der Waals surface area contributed by atoms with Gasteiger partial charge in [-0.3, -0.25) is 4.79 Å². The van der Waals surface area contributed by atoms with E-state index in [0.29, 0.717) is 19.8 Å². The van der Waals surface area contributed by atoms with Crippen molar-refractivity contribution in [3.63, 3.8) is 0 Å². The average molecular weight is 271 g/mol. The molecule has 0 N–H and O–H groups in total. The summed E-state index contributed by atoms with van der Waals surface area (Å²) >= 11 is 13.0. The highest BCUT2D eigenvalue weighted by atomic mass is 35.5. The Morgan fingerprint density at radius 3 is 2.50 bits per heavy atom. The Labute approximate surface area is 108 Å². The molecule has 0 saturated carbocycles. The summed E-state index contributed by atoms with van der Waals surface area (Å²) in [6.07, 6.45) is 0. The molecule has 0 fully saturated rings. The Morgan fingerprint density at radius 1 is 1.19 bits per heavy atom. The molecule has 0 bridgehead atoms. The molecule has 0 aliphatic rings.